The van der Waals surface area contributed by atoms with Crippen LogP contribution in [0.2, 0.25) is 10.0 Å². The number of aromatic hydroxyl groups is 2. The van der Waals surface area contributed by atoms with E-state index >= 15 is 0 Å². The second-order valence-electron chi connectivity index (χ2n) is 10.8. The van der Waals surface area contributed by atoms with Gasteiger partial charge in [0.2, 0.25) is 0 Å². The Balaban J connectivity index is 0.000000224. The first-order valence-electron chi connectivity index (χ1n) is 14.3. The molecule has 0 aliphatic heterocycles. The molecule has 0 radical (unpaired) electrons. The average Bonchev–Trinajstić information content (AvgIpc) is 3.06. The van der Waals surface area contributed by atoms with E-state index in [1.165, 1.54) is 24.3 Å². The number of hydrogen-bond acceptors (Lipinski definition) is 12. The van der Waals surface area contributed by atoms with Gasteiger partial charge >= 0.3 is 37.7 Å². The fourth-order valence-electron chi connectivity index (χ4n) is 4.75. The summed E-state index contributed by atoms with van der Waals surface area (Å²) in [6, 6.07) is 25.6. The van der Waals surface area contributed by atoms with Gasteiger partial charge in [0.1, 0.15) is 54.5 Å². The molecule has 256 valence electrons. The van der Waals surface area contributed by atoms with E-state index in [4.69, 9.17) is 23.2 Å². The van der Waals surface area contributed by atoms with E-state index in [0.717, 1.165) is 22.9 Å². The van der Waals surface area contributed by atoms with Crippen LogP contribution < -0.4 is 0 Å². The van der Waals surface area contributed by atoms with E-state index in [-0.39, 0.29) is 82.0 Å². The standard InChI is InChI=1S/2C17H13ClN2O4S.Ca/c2*1-10-8-16(25(22,23)24)14(9-13(10)18)19-20-17-12-5-3-2-4-11(12)6-7-15(17)21;/h2*2-9,21H,1H3,(H,22,23,24);/q;;+2/p-2. The van der Waals surface area contributed by atoms with Crippen LogP contribution in [0.3, 0.4) is 0 Å². The molecule has 0 aliphatic carbocycles. The summed E-state index contributed by atoms with van der Waals surface area (Å²) in [6.45, 7) is 3.16. The molecule has 0 aromatic heterocycles. The van der Waals surface area contributed by atoms with Crippen molar-refractivity contribution in [2.45, 2.75) is 23.6 Å². The zero-order chi connectivity index (χ0) is 36.4. The zero-order valence-electron chi connectivity index (χ0n) is 26.6. The summed E-state index contributed by atoms with van der Waals surface area (Å²) in [5, 5.41) is 39.2. The van der Waals surface area contributed by atoms with E-state index in [2.05, 4.69) is 20.5 Å². The topological polar surface area (TPSA) is 204 Å². The van der Waals surface area contributed by atoms with Crippen LogP contribution in [0.15, 0.2) is 127 Å². The summed E-state index contributed by atoms with van der Waals surface area (Å²) in [5.74, 6) is -0.237. The van der Waals surface area contributed by atoms with Gasteiger partial charge < -0.3 is 19.3 Å². The van der Waals surface area contributed by atoms with Crippen molar-refractivity contribution in [1.82, 2.24) is 0 Å². The molecule has 0 amide bonds. The van der Waals surface area contributed by atoms with Crippen LogP contribution in [0, 0.1) is 13.8 Å². The average molecular weight is 792 g/mol. The van der Waals surface area contributed by atoms with Crippen molar-refractivity contribution in [3.05, 3.63) is 118 Å². The Morgan fingerprint density at radius 2 is 0.902 bits per heavy atom. The van der Waals surface area contributed by atoms with Crippen LogP contribution >= 0.6 is 23.2 Å². The van der Waals surface area contributed by atoms with Crippen LogP contribution in [0.1, 0.15) is 11.1 Å². The molecule has 0 saturated carbocycles. The van der Waals surface area contributed by atoms with E-state index in [1.54, 1.807) is 50.2 Å². The molecule has 0 fully saturated rings. The van der Waals surface area contributed by atoms with Gasteiger partial charge in [-0.1, -0.05) is 83.9 Å². The van der Waals surface area contributed by atoms with E-state index in [1.807, 2.05) is 24.3 Å². The summed E-state index contributed by atoms with van der Waals surface area (Å²) in [6.07, 6.45) is 0. The van der Waals surface area contributed by atoms with Crippen LogP contribution in [-0.4, -0.2) is 73.9 Å². The first-order valence-corrected chi connectivity index (χ1v) is 17.9. The number of azo groups is 2. The molecule has 0 bridgehead atoms. The van der Waals surface area contributed by atoms with E-state index in [9.17, 15) is 36.2 Å². The minimum absolute atomic E-state index is 0. The smallest absolute Gasteiger partial charge is 0.744 e. The van der Waals surface area contributed by atoms with Crippen LogP contribution in [0.5, 0.6) is 11.5 Å². The zero-order valence-corrected chi connectivity index (χ0v) is 32.0. The van der Waals surface area contributed by atoms with Crippen LogP contribution in [-0.2, 0) is 20.2 Å². The minimum atomic E-state index is -4.75. The Bertz CT molecular complexity index is 2410. The summed E-state index contributed by atoms with van der Waals surface area (Å²) < 4.78 is 68.7. The first-order chi connectivity index (χ1) is 23.5. The molecule has 17 heteroatoms. The Kier molecular flexibility index (Phi) is 12.8. The molecule has 0 unspecified atom stereocenters. The first kappa shape index (κ1) is 40.1. The normalized spacial score (nSPS) is 11.9. The van der Waals surface area contributed by atoms with Gasteiger partial charge in [0.05, 0.1) is 9.79 Å². The molecule has 0 heterocycles. The van der Waals surface area contributed by atoms with Crippen LogP contribution in [0.4, 0.5) is 22.7 Å². The van der Waals surface area contributed by atoms with Gasteiger partial charge in [-0.25, -0.2) is 16.8 Å². The van der Waals surface area contributed by atoms with Crippen molar-refractivity contribution in [3.63, 3.8) is 0 Å². The third-order valence-electron chi connectivity index (χ3n) is 7.29. The fraction of sp³-hybridized carbons (Fsp3) is 0.0588. The maximum absolute atomic E-state index is 11.5. The number of halogens is 2. The molecule has 6 aromatic rings. The molecule has 0 saturated heterocycles. The van der Waals surface area contributed by atoms with Gasteiger partial charge in [0, 0.05) is 20.8 Å². The second-order valence-corrected chi connectivity index (χ2v) is 14.3. The number of aryl methyl sites for hydroxylation is 2. The van der Waals surface area contributed by atoms with Crippen molar-refractivity contribution in [3.8, 4) is 11.5 Å². The van der Waals surface area contributed by atoms with E-state index in [0.29, 0.717) is 21.9 Å². The van der Waals surface area contributed by atoms with Gasteiger partial charge in [-0.2, -0.15) is 0 Å². The van der Waals surface area contributed by atoms with Crippen LogP contribution in [0.25, 0.3) is 21.5 Å². The Morgan fingerprint density at radius 1 is 0.549 bits per heavy atom. The molecular formula is C34H24CaCl2N4O8S2. The predicted molar refractivity (Wildman–Crippen MR) is 194 cm³/mol. The Labute approximate surface area is 332 Å². The number of rotatable bonds is 6. The molecule has 6 rings (SSSR count). The number of hydrogen-bond donors (Lipinski definition) is 2. The molecule has 0 atom stereocenters. The van der Waals surface area contributed by atoms with Crippen molar-refractivity contribution < 1.29 is 36.2 Å². The third-order valence-corrected chi connectivity index (χ3v) is 9.84. The van der Waals surface area contributed by atoms with Crippen molar-refractivity contribution in [2.24, 2.45) is 20.5 Å². The Morgan fingerprint density at radius 3 is 1.25 bits per heavy atom. The summed E-state index contributed by atoms with van der Waals surface area (Å²) in [4.78, 5) is -1.03. The second kappa shape index (κ2) is 16.3. The van der Waals surface area contributed by atoms with E-state index < -0.39 is 30.0 Å². The molecule has 12 nitrogen and oxygen atoms in total. The maximum atomic E-state index is 11.5. The molecular weight excluding hydrogens is 768 g/mol. The van der Waals surface area contributed by atoms with Crippen molar-refractivity contribution in [1.29, 1.82) is 0 Å². The third kappa shape index (κ3) is 9.40. The number of benzene rings is 6. The molecule has 0 spiro atoms. The number of nitrogens with zero attached hydrogens (tertiary/aromatic N) is 4. The molecule has 51 heavy (non-hydrogen) atoms. The van der Waals surface area contributed by atoms with Gasteiger partial charge in [-0.15, -0.1) is 20.5 Å². The molecule has 2 N–H and O–H groups in total. The number of fused-ring (bicyclic) bond motifs is 2. The van der Waals surface area contributed by atoms with Gasteiger partial charge in [0.15, 0.2) is 0 Å². The quantitative estimate of drug-likeness (QED) is 0.0942. The Hall–Kier alpha value is -3.70. The monoisotopic (exact) mass is 790 g/mol. The van der Waals surface area contributed by atoms with Gasteiger partial charge in [-0.05, 0) is 72.1 Å². The summed E-state index contributed by atoms with van der Waals surface area (Å²) >= 11 is 12.0. The minimum Gasteiger partial charge on any atom is -0.744 e. The van der Waals surface area contributed by atoms with Crippen molar-refractivity contribution >= 4 is 125 Å². The molecule has 6 aromatic carbocycles. The summed E-state index contributed by atoms with van der Waals surface area (Å²) in [5.41, 5.74) is 0.843. The molecule has 0 aliphatic rings. The maximum Gasteiger partial charge on any atom is 2.00 e. The summed E-state index contributed by atoms with van der Waals surface area (Å²) in [7, 11) is -9.51. The number of phenols is 2. The van der Waals surface area contributed by atoms with Crippen molar-refractivity contribution in [2.75, 3.05) is 0 Å². The van der Waals surface area contributed by atoms with Gasteiger partial charge in [0.25, 0.3) is 0 Å². The number of phenolic OH excluding ortho intramolecular Hbond substituents is 2. The largest absolute Gasteiger partial charge is 2.00 e. The van der Waals surface area contributed by atoms with Gasteiger partial charge in [-0.3, -0.25) is 0 Å². The predicted octanol–water partition coefficient (Wildman–Crippen LogP) is 9.27. The SMILES string of the molecule is Cc1cc(S(=O)(=O)[O-])c(N=Nc2c(O)ccc3ccccc23)cc1Cl.Cc1cc(S(=O)(=O)[O-])c(N=Nc2c(O)ccc3ccccc23)cc1Cl.[Ca+2]. The fourth-order valence-corrected chi connectivity index (χ4v) is 6.42.